The summed E-state index contributed by atoms with van der Waals surface area (Å²) in [6, 6.07) is 0. The van der Waals surface area contributed by atoms with Crippen LogP contribution in [0.4, 0.5) is 0 Å². The van der Waals surface area contributed by atoms with E-state index in [1.165, 1.54) is 0 Å². The summed E-state index contributed by atoms with van der Waals surface area (Å²) in [6.45, 7) is 9.08. The third-order valence-electron chi connectivity index (χ3n) is 3.71. The van der Waals surface area contributed by atoms with Crippen molar-refractivity contribution >= 4 is 11.7 Å². The van der Waals surface area contributed by atoms with Gasteiger partial charge in [0.1, 0.15) is 5.78 Å². The summed E-state index contributed by atoms with van der Waals surface area (Å²) in [5.74, 6) is 0.0205. The molecule has 1 rings (SSSR count). The van der Waals surface area contributed by atoms with E-state index in [9.17, 15) is 9.59 Å². The molecule has 1 N–H and O–H groups in total. The molecule has 114 valence electrons. The van der Waals surface area contributed by atoms with E-state index in [2.05, 4.69) is 5.32 Å². The third kappa shape index (κ3) is 5.18. The van der Waals surface area contributed by atoms with E-state index in [0.717, 1.165) is 5.70 Å². The number of carbonyl (C=O) groups excluding carboxylic acids is 2. The van der Waals surface area contributed by atoms with E-state index in [1.54, 1.807) is 6.92 Å². The van der Waals surface area contributed by atoms with Crippen molar-refractivity contribution in [2.75, 3.05) is 0 Å². The molecule has 0 heterocycles. The normalized spacial score (nSPS) is 15.2. The quantitative estimate of drug-likeness (QED) is 0.838. The Labute approximate surface area is 127 Å². The number of rotatable bonds is 5. The number of nitrogens with one attached hydrogen (secondary N) is 1. The zero-order chi connectivity index (χ0) is 16.1. The molecule has 0 fully saturated rings. The fraction of sp³-hybridized carbons (Fsp3) is 0.444. The van der Waals surface area contributed by atoms with Crippen LogP contribution in [-0.2, 0) is 9.59 Å². The topological polar surface area (TPSA) is 46.2 Å². The number of allylic oxidation sites excluding steroid dienone is 7. The first kappa shape index (κ1) is 17.2. The van der Waals surface area contributed by atoms with E-state index >= 15 is 0 Å². The SMILES string of the molecule is CC(=O)C(C)(C)CC(C)(C)C(=O)NC1=CC=CC=CC=C1. The van der Waals surface area contributed by atoms with Gasteiger partial charge in [-0.25, -0.2) is 0 Å². The Bertz CT molecular complexity index is 531. The number of Topliss-reactive ketones (excluding diaryl/α,β-unsaturated/α-hetero) is 1. The van der Waals surface area contributed by atoms with Crippen LogP contribution in [0, 0.1) is 10.8 Å². The van der Waals surface area contributed by atoms with Gasteiger partial charge in [-0.2, -0.15) is 0 Å². The molecule has 0 saturated heterocycles. The molecule has 21 heavy (non-hydrogen) atoms. The number of amides is 1. The highest BCUT2D eigenvalue weighted by atomic mass is 16.2. The first-order valence-corrected chi connectivity index (χ1v) is 7.19. The maximum atomic E-state index is 12.5. The summed E-state index contributed by atoms with van der Waals surface area (Å²) in [5, 5.41) is 2.93. The summed E-state index contributed by atoms with van der Waals surface area (Å²) in [4.78, 5) is 24.2. The lowest BCUT2D eigenvalue weighted by Gasteiger charge is -2.32. The molecule has 1 aliphatic carbocycles. The zero-order valence-electron chi connectivity index (χ0n) is 13.6. The standard InChI is InChI=1S/C18H25NO2/c1-14(20)17(2,3)13-18(4,5)16(21)19-15-11-9-7-6-8-10-12-15/h6-12H,13H2,1-5H3,(H,19,21). The molecule has 0 radical (unpaired) electrons. The van der Waals surface area contributed by atoms with Gasteiger partial charge in [-0.15, -0.1) is 0 Å². The molecule has 0 bridgehead atoms. The van der Waals surface area contributed by atoms with Crippen molar-refractivity contribution < 1.29 is 9.59 Å². The Hall–Kier alpha value is -1.90. The molecule has 0 unspecified atom stereocenters. The molecule has 1 aliphatic rings. The van der Waals surface area contributed by atoms with Crippen molar-refractivity contribution in [3.8, 4) is 0 Å². The van der Waals surface area contributed by atoms with Crippen LogP contribution in [0.5, 0.6) is 0 Å². The smallest absolute Gasteiger partial charge is 0.230 e. The van der Waals surface area contributed by atoms with Gasteiger partial charge >= 0.3 is 0 Å². The molecule has 0 atom stereocenters. The van der Waals surface area contributed by atoms with Crippen LogP contribution < -0.4 is 5.32 Å². The molecule has 1 amide bonds. The van der Waals surface area contributed by atoms with E-state index in [-0.39, 0.29) is 11.7 Å². The van der Waals surface area contributed by atoms with E-state index in [1.807, 2.05) is 70.2 Å². The summed E-state index contributed by atoms with van der Waals surface area (Å²) in [7, 11) is 0. The van der Waals surface area contributed by atoms with Gasteiger partial charge in [0, 0.05) is 16.5 Å². The Kier molecular flexibility index (Phi) is 5.47. The van der Waals surface area contributed by atoms with Gasteiger partial charge in [0.15, 0.2) is 0 Å². The second kappa shape index (κ2) is 6.70. The van der Waals surface area contributed by atoms with Gasteiger partial charge in [0.2, 0.25) is 5.91 Å². The van der Waals surface area contributed by atoms with Gasteiger partial charge in [0.05, 0.1) is 0 Å². The monoisotopic (exact) mass is 287 g/mol. The predicted octanol–water partition coefficient (Wildman–Crippen LogP) is 3.70. The Morgan fingerprint density at radius 2 is 1.52 bits per heavy atom. The maximum absolute atomic E-state index is 12.5. The number of hydrogen-bond acceptors (Lipinski definition) is 2. The highest BCUT2D eigenvalue weighted by molar-refractivity contribution is 5.86. The number of hydrogen-bond donors (Lipinski definition) is 1. The minimum absolute atomic E-state index is 0.0781. The predicted molar refractivity (Wildman–Crippen MR) is 86.5 cm³/mol. The summed E-state index contributed by atoms with van der Waals surface area (Å²) >= 11 is 0. The van der Waals surface area contributed by atoms with Gasteiger partial charge in [-0.3, -0.25) is 9.59 Å². The van der Waals surface area contributed by atoms with Crippen LogP contribution >= 0.6 is 0 Å². The Morgan fingerprint density at radius 3 is 2.14 bits per heavy atom. The number of carbonyl (C=O) groups is 2. The lowest BCUT2D eigenvalue weighted by molar-refractivity contribution is -0.133. The van der Waals surface area contributed by atoms with Crippen molar-refractivity contribution in [1.82, 2.24) is 5.32 Å². The zero-order valence-corrected chi connectivity index (χ0v) is 13.6. The molecule has 0 aromatic carbocycles. The minimum atomic E-state index is -0.619. The molecule has 3 nitrogen and oxygen atoms in total. The minimum Gasteiger partial charge on any atom is -0.326 e. The largest absolute Gasteiger partial charge is 0.326 e. The van der Waals surface area contributed by atoms with Crippen LogP contribution in [0.2, 0.25) is 0 Å². The molecular weight excluding hydrogens is 262 g/mol. The van der Waals surface area contributed by atoms with E-state index in [0.29, 0.717) is 6.42 Å². The molecule has 0 spiro atoms. The molecular formula is C18H25NO2. The van der Waals surface area contributed by atoms with Crippen molar-refractivity contribution in [2.45, 2.75) is 41.0 Å². The van der Waals surface area contributed by atoms with Crippen molar-refractivity contribution in [2.24, 2.45) is 10.8 Å². The molecule has 0 aromatic heterocycles. The average Bonchev–Trinajstić information content (AvgIpc) is 2.30. The summed E-state index contributed by atoms with van der Waals surface area (Å²) in [5.41, 5.74) is -0.380. The third-order valence-corrected chi connectivity index (χ3v) is 3.71. The second-order valence-corrected chi connectivity index (χ2v) is 6.71. The van der Waals surface area contributed by atoms with Gasteiger partial charge < -0.3 is 5.32 Å². The molecule has 0 aromatic rings. The van der Waals surface area contributed by atoms with Crippen LogP contribution in [0.1, 0.15) is 41.0 Å². The number of ketones is 1. The first-order valence-electron chi connectivity index (χ1n) is 7.19. The second-order valence-electron chi connectivity index (χ2n) is 6.71. The van der Waals surface area contributed by atoms with Crippen molar-refractivity contribution in [1.29, 1.82) is 0 Å². The van der Waals surface area contributed by atoms with E-state index in [4.69, 9.17) is 0 Å². The van der Waals surface area contributed by atoms with Crippen molar-refractivity contribution in [3.05, 3.63) is 48.2 Å². The maximum Gasteiger partial charge on any atom is 0.230 e. The van der Waals surface area contributed by atoms with Gasteiger partial charge in [-0.05, 0) is 25.5 Å². The lowest BCUT2D eigenvalue weighted by Crippen LogP contribution is -2.40. The van der Waals surface area contributed by atoms with Crippen LogP contribution in [0.15, 0.2) is 48.2 Å². The summed E-state index contributed by atoms with van der Waals surface area (Å²) < 4.78 is 0. The van der Waals surface area contributed by atoms with Gasteiger partial charge in [-0.1, -0.05) is 58.1 Å². The highest BCUT2D eigenvalue weighted by Crippen LogP contribution is 2.34. The highest BCUT2D eigenvalue weighted by Gasteiger charge is 2.37. The summed E-state index contributed by atoms with van der Waals surface area (Å²) in [6.07, 6.45) is 13.7. The fourth-order valence-corrected chi connectivity index (χ4v) is 2.26. The Balaban J connectivity index is 2.80. The fourth-order valence-electron chi connectivity index (χ4n) is 2.26. The molecule has 0 aliphatic heterocycles. The first-order chi connectivity index (χ1) is 9.65. The van der Waals surface area contributed by atoms with Gasteiger partial charge in [0.25, 0.3) is 0 Å². The van der Waals surface area contributed by atoms with Crippen LogP contribution in [-0.4, -0.2) is 11.7 Å². The lowest BCUT2D eigenvalue weighted by atomic mass is 9.72. The van der Waals surface area contributed by atoms with Crippen LogP contribution in [0.3, 0.4) is 0 Å². The Morgan fingerprint density at radius 1 is 0.952 bits per heavy atom. The molecule has 0 saturated carbocycles. The van der Waals surface area contributed by atoms with Crippen molar-refractivity contribution in [3.63, 3.8) is 0 Å². The average molecular weight is 287 g/mol. The van der Waals surface area contributed by atoms with Crippen LogP contribution in [0.25, 0.3) is 0 Å². The molecule has 3 heteroatoms. The van der Waals surface area contributed by atoms with E-state index < -0.39 is 10.8 Å².